The molecule has 5 nitrogen and oxygen atoms in total. The standard InChI is InChI=1S/C14H15N3O2/c1-10-7-15-17(8-10)9-14(19)16-13-5-3-12(4-6-13)11(2)18/h3-8H,9H2,1-2H3,(H,16,19). The minimum atomic E-state index is -0.154. The molecule has 0 spiro atoms. The van der Waals surface area contributed by atoms with E-state index in [0.717, 1.165) is 5.56 Å². The Morgan fingerprint density at radius 3 is 2.47 bits per heavy atom. The highest BCUT2D eigenvalue weighted by Crippen LogP contribution is 2.10. The van der Waals surface area contributed by atoms with Gasteiger partial charge in [-0.15, -0.1) is 0 Å². The Morgan fingerprint density at radius 2 is 1.95 bits per heavy atom. The molecular formula is C14H15N3O2. The van der Waals surface area contributed by atoms with Crippen LogP contribution >= 0.6 is 0 Å². The van der Waals surface area contributed by atoms with Gasteiger partial charge in [-0.25, -0.2) is 0 Å². The van der Waals surface area contributed by atoms with Crippen LogP contribution in [0.25, 0.3) is 0 Å². The van der Waals surface area contributed by atoms with E-state index in [1.807, 2.05) is 6.92 Å². The fourth-order valence-corrected chi connectivity index (χ4v) is 1.69. The average molecular weight is 257 g/mol. The lowest BCUT2D eigenvalue weighted by atomic mass is 10.1. The zero-order valence-corrected chi connectivity index (χ0v) is 10.9. The summed E-state index contributed by atoms with van der Waals surface area (Å²) in [4.78, 5) is 22.9. The SMILES string of the molecule is CC(=O)c1ccc(NC(=O)Cn2cc(C)cn2)cc1. The number of rotatable bonds is 4. The monoisotopic (exact) mass is 257 g/mol. The van der Waals surface area contributed by atoms with Crippen LogP contribution in [0.3, 0.4) is 0 Å². The van der Waals surface area contributed by atoms with Crippen molar-refractivity contribution in [1.29, 1.82) is 0 Å². The molecule has 1 aromatic carbocycles. The first-order valence-electron chi connectivity index (χ1n) is 5.94. The number of carbonyl (C=O) groups excluding carboxylic acids is 2. The number of hydrogen-bond acceptors (Lipinski definition) is 3. The van der Waals surface area contributed by atoms with Gasteiger partial charge in [-0.2, -0.15) is 5.10 Å². The molecule has 2 aromatic rings. The molecule has 98 valence electrons. The number of ketones is 1. The molecular weight excluding hydrogens is 242 g/mol. The molecule has 0 unspecified atom stereocenters. The molecule has 5 heteroatoms. The molecule has 0 saturated carbocycles. The molecule has 0 aliphatic carbocycles. The number of carbonyl (C=O) groups is 2. The van der Waals surface area contributed by atoms with Gasteiger partial charge in [0.05, 0.1) is 6.20 Å². The zero-order valence-electron chi connectivity index (χ0n) is 10.9. The summed E-state index contributed by atoms with van der Waals surface area (Å²) >= 11 is 0. The van der Waals surface area contributed by atoms with Gasteiger partial charge in [-0.1, -0.05) is 0 Å². The number of nitrogens with one attached hydrogen (secondary N) is 1. The Morgan fingerprint density at radius 1 is 1.26 bits per heavy atom. The third-order valence-corrected chi connectivity index (χ3v) is 2.64. The molecule has 2 rings (SSSR count). The Balaban J connectivity index is 1.97. The van der Waals surface area contributed by atoms with Crippen molar-refractivity contribution >= 4 is 17.4 Å². The lowest BCUT2D eigenvalue weighted by Gasteiger charge is -2.05. The minimum Gasteiger partial charge on any atom is -0.324 e. The number of amides is 1. The van der Waals surface area contributed by atoms with Gasteiger partial charge in [-0.3, -0.25) is 14.3 Å². The third-order valence-electron chi connectivity index (χ3n) is 2.64. The van der Waals surface area contributed by atoms with Crippen molar-refractivity contribution in [2.24, 2.45) is 0 Å². The van der Waals surface area contributed by atoms with Crippen LogP contribution in [-0.4, -0.2) is 21.5 Å². The molecule has 0 fully saturated rings. The van der Waals surface area contributed by atoms with E-state index in [1.54, 1.807) is 41.3 Å². The largest absolute Gasteiger partial charge is 0.324 e. The fourth-order valence-electron chi connectivity index (χ4n) is 1.69. The van der Waals surface area contributed by atoms with E-state index in [-0.39, 0.29) is 18.2 Å². The molecule has 1 N–H and O–H groups in total. The van der Waals surface area contributed by atoms with E-state index in [4.69, 9.17) is 0 Å². The van der Waals surface area contributed by atoms with E-state index >= 15 is 0 Å². The third kappa shape index (κ3) is 3.51. The van der Waals surface area contributed by atoms with Crippen LogP contribution in [-0.2, 0) is 11.3 Å². The van der Waals surface area contributed by atoms with Gasteiger partial charge in [-0.05, 0) is 43.7 Å². The number of aryl methyl sites for hydroxylation is 1. The summed E-state index contributed by atoms with van der Waals surface area (Å²) in [5.41, 5.74) is 2.30. The molecule has 0 atom stereocenters. The Kier molecular flexibility index (Phi) is 3.75. The summed E-state index contributed by atoms with van der Waals surface area (Å²) in [6.45, 7) is 3.60. The van der Waals surface area contributed by atoms with E-state index < -0.39 is 0 Å². The Hall–Kier alpha value is -2.43. The van der Waals surface area contributed by atoms with Gasteiger partial charge in [0.2, 0.25) is 5.91 Å². The molecule has 1 aromatic heterocycles. The summed E-state index contributed by atoms with van der Waals surface area (Å²) in [6.07, 6.45) is 3.51. The van der Waals surface area contributed by atoms with Crippen LogP contribution in [0.4, 0.5) is 5.69 Å². The zero-order chi connectivity index (χ0) is 13.8. The maximum Gasteiger partial charge on any atom is 0.246 e. The van der Waals surface area contributed by atoms with Gasteiger partial charge in [0.15, 0.2) is 5.78 Å². The lowest BCUT2D eigenvalue weighted by Crippen LogP contribution is -2.19. The molecule has 1 amide bonds. The summed E-state index contributed by atoms with van der Waals surface area (Å²) in [5, 5.41) is 6.80. The molecule has 19 heavy (non-hydrogen) atoms. The van der Waals surface area contributed by atoms with Crippen molar-refractivity contribution in [2.45, 2.75) is 20.4 Å². The van der Waals surface area contributed by atoms with E-state index in [2.05, 4.69) is 10.4 Å². The first-order valence-corrected chi connectivity index (χ1v) is 5.94. The van der Waals surface area contributed by atoms with E-state index in [0.29, 0.717) is 11.3 Å². The number of nitrogens with zero attached hydrogens (tertiary/aromatic N) is 2. The summed E-state index contributed by atoms with van der Waals surface area (Å²) < 4.78 is 1.58. The number of benzene rings is 1. The van der Waals surface area contributed by atoms with Crippen LogP contribution in [0.15, 0.2) is 36.7 Å². The number of anilines is 1. The highest BCUT2D eigenvalue weighted by molar-refractivity contribution is 5.95. The van der Waals surface area contributed by atoms with Crippen molar-refractivity contribution in [3.63, 3.8) is 0 Å². The van der Waals surface area contributed by atoms with Crippen molar-refractivity contribution in [1.82, 2.24) is 9.78 Å². The quantitative estimate of drug-likeness (QED) is 0.852. The van der Waals surface area contributed by atoms with E-state index in [9.17, 15) is 9.59 Å². The highest BCUT2D eigenvalue weighted by atomic mass is 16.2. The molecule has 0 aliphatic rings. The molecule has 1 heterocycles. The second kappa shape index (κ2) is 5.48. The maximum absolute atomic E-state index is 11.8. The first-order chi connectivity index (χ1) is 9.04. The summed E-state index contributed by atoms with van der Waals surface area (Å²) in [5.74, 6) is -0.149. The second-order valence-electron chi connectivity index (χ2n) is 4.40. The minimum absolute atomic E-state index is 0.00453. The van der Waals surface area contributed by atoms with Crippen molar-refractivity contribution in [3.05, 3.63) is 47.8 Å². The van der Waals surface area contributed by atoms with E-state index in [1.165, 1.54) is 6.92 Å². The van der Waals surface area contributed by atoms with Gasteiger partial charge >= 0.3 is 0 Å². The van der Waals surface area contributed by atoms with Crippen molar-refractivity contribution < 1.29 is 9.59 Å². The molecule has 0 aliphatic heterocycles. The van der Waals surface area contributed by atoms with Gasteiger partial charge in [0.25, 0.3) is 0 Å². The summed E-state index contributed by atoms with van der Waals surface area (Å²) in [7, 11) is 0. The Labute approximate surface area is 111 Å². The number of Topliss-reactive ketones (excluding diaryl/α,β-unsaturated/α-hetero) is 1. The second-order valence-corrected chi connectivity index (χ2v) is 4.40. The van der Waals surface area contributed by atoms with Crippen LogP contribution in [0.2, 0.25) is 0 Å². The van der Waals surface area contributed by atoms with Crippen LogP contribution in [0.5, 0.6) is 0 Å². The van der Waals surface area contributed by atoms with Crippen molar-refractivity contribution in [3.8, 4) is 0 Å². The first kappa shape index (κ1) is 13.0. The highest BCUT2D eigenvalue weighted by Gasteiger charge is 2.05. The van der Waals surface area contributed by atoms with Gasteiger partial charge in [0, 0.05) is 17.4 Å². The predicted octanol–water partition coefficient (Wildman–Crippen LogP) is 2.03. The maximum atomic E-state index is 11.8. The van der Waals surface area contributed by atoms with Crippen molar-refractivity contribution in [2.75, 3.05) is 5.32 Å². The summed E-state index contributed by atoms with van der Waals surface area (Å²) in [6, 6.07) is 6.80. The normalized spacial score (nSPS) is 10.2. The number of hydrogen-bond donors (Lipinski definition) is 1. The topological polar surface area (TPSA) is 64.0 Å². The van der Waals surface area contributed by atoms with Gasteiger partial charge < -0.3 is 5.32 Å². The Bertz CT molecular complexity index is 599. The van der Waals surface area contributed by atoms with Gasteiger partial charge in [0.1, 0.15) is 6.54 Å². The molecule has 0 bridgehead atoms. The average Bonchev–Trinajstić information content (AvgIpc) is 2.75. The fraction of sp³-hybridized carbons (Fsp3) is 0.214. The van der Waals surface area contributed by atoms with Crippen LogP contribution < -0.4 is 5.32 Å². The lowest BCUT2D eigenvalue weighted by molar-refractivity contribution is -0.116. The number of aromatic nitrogens is 2. The molecule has 0 saturated heterocycles. The van der Waals surface area contributed by atoms with Crippen LogP contribution in [0.1, 0.15) is 22.8 Å². The van der Waals surface area contributed by atoms with Crippen LogP contribution in [0, 0.1) is 6.92 Å². The molecule has 0 radical (unpaired) electrons. The predicted molar refractivity (Wildman–Crippen MR) is 72.0 cm³/mol. The smallest absolute Gasteiger partial charge is 0.246 e.